The second kappa shape index (κ2) is 8.64. The molecule has 0 radical (unpaired) electrons. The molecule has 0 amide bonds. The summed E-state index contributed by atoms with van der Waals surface area (Å²) < 4.78 is 5.71. The van der Waals surface area contributed by atoms with Crippen molar-refractivity contribution in [1.82, 2.24) is 0 Å². The second-order valence-electron chi connectivity index (χ2n) is 6.22. The van der Waals surface area contributed by atoms with Gasteiger partial charge in [-0.1, -0.05) is 45.6 Å². The lowest BCUT2D eigenvalue weighted by atomic mass is 10.0. The Morgan fingerprint density at radius 1 is 1.18 bits per heavy atom. The quantitative estimate of drug-likeness (QED) is 0.355. The molecule has 1 atom stereocenters. The van der Waals surface area contributed by atoms with E-state index in [2.05, 4.69) is 45.6 Å². The highest BCUT2D eigenvalue weighted by Gasteiger charge is 2.11. The summed E-state index contributed by atoms with van der Waals surface area (Å²) in [6.45, 7) is 12.0. The number of hydrogen-bond donors (Lipinski definition) is 0. The third kappa shape index (κ3) is 11.8. The van der Waals surface area contributed by atoms with Gasteiger partial charge < -0.3 is 9.53 Å². The van der Waals surface area contributed by atoms with Crippen LogP contribution in [0.4, 0.5) is 0 Å². The monoisotopic (exact) mass is 256 g/mol. The van der Waals surface area contributed by atoms with Crippen LogP contribution in [-0.4, -0.2) is 27.1 Å². The molecule has 0 aliphatic heterocycles. The summed E-state index contributed by atoms with van der Waals surface area (Å²) in [5, 5.41) is 0. The summed E-state index contributed by atoms with van der Waals surface area (Å²) >= 11 is 0. The third-order valence-corrected chi connectivity index (χ3v) is 3.88. The van der Waals surface area contributed by atoms with E-state index in [0.29, 0.717) is 18.9 Å². The van der Waals surface area contributed by atoms with E-state index in [-0.39, 0.29) is 6.10 Å². The van der Waals surface area contributed by atoms with Crippen LogP contribution >= 0.6 is 0 Å². The molecule has 17 heavy (non-hydrogen) atoms. The molecule has 0 fully saturated rings. The molecule has 0 spiro atoms. The van der Waals surface area contributed by atoms with E-state index in [4.69, 9.17) is 4.74 Å². The Balaban J connectivity index is 3.85. The van der Waals surface area contributed by atoms with Crippen molar-refractivity contribution in [2.24, 2.45) is 5.92 Å². The average molecular weight is 256 g/mol. The first-order valence-electron chi connectivity index (χ1n) is 6.55. The predicted octanol–water partition coefficient (Wildman–Crippen LogP) is 3.90. The summed E-state index contributed by atoms with van der Waals surface area (Å²) in [5.41, 5.74) is 0. The highest BCUT2D eigenvalue weighted by molar-refractivity contribution is 6.76. The number of hydrogen-bond acceptors (Lipinski definition) is 2. The zero-order valence-electron chi connectivity index (χ0n) is 12.0. The molecule has 0 rings (SSSR count). The van der Waals surface area contributed by atoms with Gasteiger partial charge in [-0.15, -0.1) is 0 Å². The van der Waals surface area contributed by atoms with E-state index in [0.717, 1.165) is 12.7 Å². The van der Waals surface area contributed by atoms with Crippen molar-refractivity contribution < 1.29 is 9.53 Å². The van der Waals surface area contributed by atoms with Gasteiger partial charge in [-0.3, -0.25) is 0 Å². The van der Waals surface area contributed by atoms with Crippen molar-refractivity contribution in [3.05, 3.63) is 12.2 Å². The Morgan fingerprint density at radius 3 is 2.29 bits per heavy atom. The number of ether oxygens (including phenoxy) is 1. The molecule has 0 bridgehead atoms. The molecule has 100 valence electrons. The smallest absolute Gasteiger partial charge is 0.122 e. The Hall–Kier alpha value is -0.413. The zero-order valence-corrected chi connectivity index (χ0v) is 13.0. The lowest BCUT2D eigenvalue weighted by Crippen LogP contribution is -2.18. The van der Waals surface area contributed by atoms with Crippen LogP contribution in [0.1, 0.15) is 26.7 Å². The van der Waals surface area contributed by atoms with Crippen LogP contribution in [0.15, 0.2) is 12.2 Å². The highest BCUT2D eigenvalue weighted by atomic mass is 28.3. The molecule has 0 aromatic carbocycles. The molecular formula is C14H28O2Si. The fraction of sp³-hybridized carbons (Fsp3) is 0.786. The molecule has 0 heterocycles. The molecule has 0 aromatic rings. The first-order chi connectivity index (χ1) is 7.85. The molecule has 0 saturated carbocycles. The van der Waals surface area contributed by atoms with Crippen LogP contribution in [0.2, 0.25) is 25.7 Å². The van der Waals surface area contributed by atoms with E-state index in [1.165, 1.54) is 6.04 Å². The zero-order chi connectivity index (χ0) is 13.3. The van der Waals surface area contributed by atoms with Gasteiger partial charge in [0.1, 0.15) is 6.29 Å². The van der Waals surface area contributed by atoms with Crippen LogP contribution in [0.3, 0.4) is 0 Å². The Bertz CT molecular complexity index is 229. The lowest BCUT2D eigenvalue weighted by Gasteiger charge is -2.16. The fourth-order valence-corrected chi connectivity index (χ4v) is 2.44. The van der Waals surface area contributed by atoms with Gasteiger partial charge in [-0.2, -0.15) is 0 Å². The lowest BCUT2D eigenvalue weighted by molar-refractivity contribution is -0.110. The first-order valence-corrected chi connectivity index (χ1v) is 10.3. The van der Waals surface area contributed by atoms with Crippen molar-refractivity contribution in [1.29, 1.82) is 0 Å². The van der Waals surface area contributed by atoms with Crippen LogP contribution in [0.25, 0.3) is 0 Å². The van der Waals surface area contributed by atoms with Crippen molar-refractivity contribution in [2.75, 3.05) is 6.61 Å². The number of allylic oxidation sites excluding steroid dienone is 1. The van der Waals surface area contributed by atoms with Crippen LogP contribution < -0.4 is 0 Å². The van der Waals surface area contributed by atoms with Crippen molar-refractivity contribution in [2.45, 2.75) is 58.5 Å². The third-order valence-electron chi connectivity index (χ3n) is 2.42. The second-order valence-corrected chi connectivity index (χ2v) is 11.8. The van der Waals surface area contributed by atoms with Crippen molar-refractivity contribution >= 4 is 14.4 Å². The van der Waals surface area contributed by atoms with Gasteiger partial charge >= 0.3 is 0 Å². The predicted molar refractivity (Wildman–Crippen MR) is 77.2 cm³/mol. The molecule has 0 aromatic heterocycles. The van der Waals surface area contributed by atoms with Crippen molar-refractivity contribution in [3.63, 3.8) is 0 Å². The minimum atomic E-state index is -0.974. The molecule has 0 aliphatic carbocycles. The minimum Gasteiger partial charge on any atom is -0.374 e. The molecule has 0 saturated heterocycles. The maximum Gasteiger partial charge on any atom is 0.122 e. The fourth-order valence-electron chi connectivity index (χ4n) is 1.56. The van der Waals surface area contributed by atoms with Gasteiger partial charge in [-0.05, 0) is 18.4 Å². The first kappa shape index (κ1) is 16.6. The van der Waals surface area contributed by atoms with E-state index in [1.54, 1.807) is 0 Å². The van der Waals surface area contributed by atoms with Crippen LogP contribution in [0, 0.1) is 5.92 Å². The minimum absolute atomic E-state index is 0.0871. The maximum atomic E-state index is 10.5. The molecular weight excluding hydrogens is 228 g/mol. The summed E-state index contributed by atoms with van der Waals surface area (Å²) in [6.07, 6.45) is 6.83. The maximum absolute atomic E-state index is 10.5. The number of rotatable bonds is 9. The van der Waals surface area contributed by atoms with E-state index < -0.39 is 8.07 Å². The SMILES string of the molecule is CC(C)CC(CC=O)OC/C=C\C[Si](C)(C)C. The Labute approximate surface area is 107 Å². The molecule has 3 heteroatoms. The van der Waals surface area contributed by atoms with Gasteiger partial charge in [0, 0.05) is 14.5 Å². The van der Waals surface area contributed by atoms with Gasteiger partial charge in [0.25, 0.3) is 0 Å². The molecule has 1 unspecified atom stereocenters. The van der Waals surface area contributed by atoms with Crippen LogP contribution in [-0.2, 0) is 9.53 Å². The van der Waals surface area contributed by atoms with Gasteiger partial charge in [0.15, 0.2) is 0 Å². The molecule has 0 N–H and O–H groups in total. The number of carbonyl (C=O) groups excluding carboxylic acids is 1. The molecule has 2 nitrogen and oxygen atoms in total. The van der Waals surface area contributed by atoms with Gasteiger partial charge in [0.2, 0.25) is 0 Å². The Morgan fingerprint density at radius 2 is 1.82 bits per heavy atom. The largest absolute Gasteiger partial charge is 0.374 e. The average Bonchev–Trinajstić information content (AvgIpc) is 2.14. The topological polar surface area (TPSA) is 26.3 Å². The van der Waals surface area contributed by atoms with Crippen molar-refractivity contribution in [3.8, 4) is 0 Å². The van der Waals surface area contributed by atoms with E-state index in [1.807, 2.05) is 0 Å². The van der Waals surface area contributed by atoms with Gasteiger partial charge in [0.05, 0.1) is 12.7 Å². The highest BCUT2D eigenvalue weighted by Crippen LogP contribution is 2.11. The van der Waals surface area contributed by atoms with Crippen LogP contribution in [0.5, 0.6) is 0 Å². The summed E-state index contributed by atoms with van der Waals surface area (Å²) in [4.78, 5) is 10.5. The normalized spacial score (nSPS) is 14.5. The Kier molecular flexibility index (Phi) is 8.43. The van der Waals surface area contributed by atoms with Gasteiger partial charge in [-0.25, -0.2) is 0 Å². The summed E-state index contributed by atoms with van der Waals surface area (Å²) in [7, 11) is -0.974. The summed E-state index contributed by atoms with van der Waals surface area (Å²) in [5.74, 6) is 0.575. The number of carbonyl (C=O) groups is 1. The van der Waals surface area contributed by atoms with E-state index >= 15 is 0 Å². The number of aldehydes is 1. The standard InChI is InChI=1S/C14H28O2Si/c1-13(2)12-14(8-9-15)16-10-6-7-11-17(3,4)5/h6-7,9,13-14H,8,10-12H2,1-5H3/b7-6-. The van der Waals surface area contributed by atoms with E-state index in [9.17, 15) is 4.79 Å². The summed E-state index contributed by atoms with van der Waals surface area (Å²) in [6, 6.07) is 1.19. The molecule has 0 aliphatic rings.